The summed E-state index contributed by atoms with van der Waals surface area (Å²) in [5.74, 6) is -1.49. The maximum Gasteiger partial charge on any atom is 0.330 e. The highest BCUT2D eigenvalue weighted by Crippen LogP contribution is 1.90. The van der Waals surface area contributed by atoms with Crippen molar-refractivity contribution in [3.05, 3.63) is 0 Å². The molecule has 11 heavy (non-hydrogen) atoms. The lowest BCUT2D eigenvalue weighted by Gasteiger charge is -2.06. The second kappa shape index (κ2) is 4.81. The average Bonchev–Trinajstić information content (AvgIpc) is 1.86. The lowest BCUT2D eigenvalue weighted by Crippen LogP contribution is -2.34. The maximum atomic E-state index is 10.7. The summed E-state index contributed by atoms with van der Waals surface area (Å²) in [5, 5.41) is 8.35. The molecule has 0 saturated carbocycles. The van der Waals surface area contributed by atoms with Gasteiger partial charge < -0.3 is 15.6 Å². The van der Waals surface area contributed by atoms with Crippen LogP contribution in [0, 0.1) is 0 Å². The second-order valence-corrected chi connectivity index (χ2v) is 2.03. The minimum Gasteiger partial charge on any atom is -0.396 e. The van der Waals surface area contributed by atoms with E-state index >= 15 is 0 Å². The van der Waals surface area contributed by atoms with E-state index in [2.05, 4.69) is 4.74 Å². The molecule has 0 aromatic carbocycles. The predicted octanol–water partition coefficient (Wildman–Crippen LogP) is -1.21. The van der Waals surface area contributed by atoms with Crippen molar-refractivity contribution in [2.75, 3.05) is 6.61 Å². The third kappa shape index (κ3) is 4.46. The van der Waals surface area contributed by atoms with Gasteiger partial charge in [-0.1, -0.05) is 0 Å². The number of carbonyl (C=O) groups excluding carboxylic acids is 2. The van der Waals surface area contributed by atoms with Gasteiger partial charge in [0.1, 0.15) is 6.04 Å². The Labute approximate surface area is 64.1 Å². The molecular weight excluding hydrogens is 150 g/mol. The molecule has 0 heterocycles. The van der Waals surface area contributed by atoms with Crippen molar-refractivity contribution in [1.29, 1.82) is 0 Å². The monoisotopic (exact) mass is 161 g/mol. The summed E-state index contributed by atoms with van der Waals surface area (Å²) in [6.07, 6.45) is 0.103. The first kappa shape index (κ1) is 10.1. The van der Waals surface area contributed by atoms with E-state index in [1.807, 2.05) is 0 Å². The third-order valence-electron chi connectivity index (χ3n) is 0.987. The van der Waals surface area contributed by atoms with Gasteiger partial charge in [-0.15, -0.1) is 0 Å². The number of aliphatic hydroxyl groups excluding tert-OH is 1. The van der Waals surface area contributed by atoms with Gasteiger partial charge in [-0.3, -0.25) is 4.79 Å². The molecule has 0 spiro atoms. The van der Waals surface area contributed by atoms with Crippen LogP contribution in [0.3, 0.4) is 0 Å². The first-order valence-electron chi connectivity index (χ1n) is 3.16. The van der Waals surface area contributed by atoms with Gasteiger partial charge in [0.25, 0.3) is 0 Å². The smallest absolute Gasteiger partial charge is 0.330 e. The van der Waals surface area contributed by atoms with E-state index in [-0.39, 0.29) is 13.0 Å². The normalized spacial score (nSPS) is 12.3. The van der Waals surface area contributed by atoms with Crippen LogP contribution in [0.2, 0.25) is 0 Å². The number of hydrogen-bond acceptors (Lipinski definition) is 5. The van der Waals surface area contributed by atoms with E-state index in [1.54, 1.807) is 0 Å². The molecule has 0 radical (unpaired) electrons. The molecule has 0 aliphatic heterocycles. The fourth-order valence-electron chi connectivity index (χ4n) is 0.474. The zero-order chi connectivity index (χ0) is 8.85. The largest absolute Gasteiger partial charge is 0.396 e. The van der Waals surface area contributed by atoms with Crippen LogP contribution in [0.15, 0.2) is 0 Å². The van der Waals surface area contributed by atoms with Gasteiger partial charge in [0, 0.05) is 13.5 Å². The molecule has 0 aliphatic rings. The second-order valence-electron chi connectivity index (χ2n) is 2.03. The molecule has 0 rings (SSSR count). The summed E-state index contributed by atoms with van der Waals surface area (Å²) in [6, 6.07) is -0.913. The topological polar surface area (TPSA) is 89.6 Å². The van der Waals surface area contributed by atoms with Gasteiger partial charge in [-0.25, -0.2) is 4.79 Å². The summed E-state index contributed by atoms with van der Waals surface area (Å²) in [5.41, 5.74) is 5.19. The van der Waals surface area contributed by atoms with Crippen LogP contribution >= 0.6 is 0 Å². The Bertz CT molecular complexity index is 157. The maximum absolute atomic E-state index is 10.7. The van der Waals surface area contributed by atoms with Crippen LogP contribution < -0.4 is 5.73 Å². The highest BCUT2D eigenvalue weighted by molar-refractivity contribution is 5.87. The van der Waals surface area contributed by atoms with Crippen molar-refractivity contribution in [3.8, 4) is 0 Å². The van der Waals surface area contributed by atoms with Crippen molar-refractivity contribution < 1.29 is 19.4 Å². The average molecular weight is 161 g/mol. The van der Waals surface area contributed by atoms with E-state index in [0.29, 0.717) is 0 Å². The molecule has 1 atom stereocenters. The van der Waals surface area contributed by atoms with Crippen molar-refractivity contribution in [2.24, 2.45) is 5.73 Å². The van der Waals surface area contributed by atoms with E-state index in [4.69, 9.17) is 10.8 Å². The summed E-state index contributed by atoms with van der Waals surface area (Å²) in [7, 11) is 0. The van der Waals surface area contributed by atoms with Crippen LogP contribution in [-0.2, 0) is 14.3 Å². The third-order valence-corrected chi connectivity index (χ3v) is 0.987. The number of nitrogens with two attached hydrogens (primary N) is 1. The molecule has 0 aromatic rings. The van der Waals surface area contributed by atoms with Gasteiger partial charge >= 0.3 is 11.9 Å². The van der Waals surface area contributed by atoms with E-state index < -0.39 is 18.0 Å². The van der Waals surface area contributed by atoms with Crippen LogP contribution in [0.1, 0.15) is 13.3 Å². The number of rotatable bonds is 3. The molecule has 64 valence electrons. The van der Waals surface area contributed by atoms with Crippen LogP contribution in [-0.4, -0.2) is 29.7 Å². The van der Waals surface area contributed by atoms with Crippen LogP contribution in [0.5, 0.6) is 0 Å². The molecule has 0 aromatic heterocycles. The molecule has 0 amide bonds. The number of esters is 2. The lowest BCUT2D eigenvalue weighted by atomic mass is 10.2. The Morgan fingerprint density at radius 2 is 2.18 bits per heavy atom. The Kier molecular flexibility index (Phi) is 4.40. The van der Waals surface area contributed by atoms with Crippen molar-refractivity contribution >= 4 is 11.9 Å². The van der Waals surface area contributed by atoms with Crippen LogP contribution in [0.25, 0.3) is 0 Å². The fourth-order valence-corrected chi connectivity index (χ4v) is 0.474. The molecule has 0 fully saturated rings. The highest BCUT2D eigenvalue weighted by atomic mass is 16.6. The summed E-state index contributed by atoms with van der Waals surface area (Å²) < 4.78 is 4.15. The first-order chi connectivity index (χ1) is 5.07. The predicted molar refractivity (Wildman–Crippen MR) is 36.5 cm³/mol. The number of aliphatic hydroxyl groups is 1. The quantitative estimate of drug-likeness (QED) is 0.400. The number of hydrogen-bond donors (Lipinski definition) is 2. The Morgan fingerprint density at radius 1 is 1.64 bits per heavy atom. The van der Waals surface area contributed by atoms with Gasteiger partial charge in [0.05, 0.1) is 0 Å². The first-order valence-corrected chi connectivity index (χ1v) is 3.16. The highest BCUT2D eigenvalue weighted by Gasteiger charge is 2.15. The Hall–Kier alpha value is -0.940. The van der Waals surface area contributed by atoms with E-state index in [1.165, 1.54) is 0 Å². The molecule has 5 nitrogen and oxygen atoms in total. The van der Waals surface area contributed by atoms with Gasteiger partial charge in [0.2, 0.25) is 0 Å². The van der Waals surface area contributed by atoms with Crippen molar-refractivity contribution in [2.45, 2.75) is 19.4 Å². The zero-order valence-electron chi connectivity index (χ0n) is 6.24. The summed E-state index contributed by atoms with van der Waals surface area (Å²) in [6.45, 7) is 0.914. The van der Waals surface area contributed by atoms with Gasteiger partial charge in [0.15, 0.2) is 0 Å². The summed E-state index contributed by atoms with van der Waals surface area (Å²) in [4.78, 5) is 20.9. The SMILES string of the molecule is CC(=O)OC(=O)[C@@H](N)CCO. The van der Waals surface area contributed by atoms with Crippen LogP contribution in [0.4, 0.5) is 0 Å². The molecule has 0 saturated heterocycles. The molecule has 0 aliphatic carbocycles. The molecular formula is C6H11NO4. The molecule has 5 heteroatoms. The number of ether oxygens (including phenoxy) is 1. The molecule has 0 unspecified atom stereocenters. The number of carbonyl (C=O) groups is 2. The minimum absolute atomic E-state index is 0.103. The summed E-state index contributed by atoms with van der Waals surface area (Å²) >= 11 is 0. The van der Waals surface area contributed by atoms with Crippen molar-refractivity contribution in [3.63, 3.8) is 0 Å². The van der Waals surface area contributed by atoms with E-state index in [9.17, 15) is 9.59 Å². The lowest BCUT2D eigenvalue weighted by molar-refractivity contribution is -0.159. The minimum atomic E-state index is -0.913. The van der Waals surface area contributed by atoms with Gasteiger partial charge in [-0.2, -0.15) is 0 Å². The van der Waals surface area contributed by atoms with Gasteiger partial charge in [-0.05, 0) is 6.42 Å². The Morgan fingerprint density at radius 3 is 2.55 bits per heavy atom. The standard InChI is InChI=1S/C6H11NO4/c1-4(9)11-6(10)5(7)2-3-8/h5,8H,2-3,7H2,1H3/t5-/m0/s1. The zero-order valence-corrected chi connectivity index (χ0v) is 6.24. The molecule has 0 bridgehead atoms. The Balaban J connectivity index is 3.73. The van der Waals surface area contributed by atoms with Crippen molar-refractivity contribution in [1.82, 2.24) is 0 Å². The fraction of sp³-hybridized carbons (Fsp3) is 0.667. The molecule has 3 N–H and O–H groups in total. The van der Waals surface area contributed by atoms with E-state index in [0.717, 1.165) is 6.92 Å².